The van der Waals surface area contributed by atoms with Crippen LogP contribution in [0.25, 0.3) is 0 Å². The smallest absolute Gasteiger partial charge is 0.335 e. The average molecular weight is 293 g/mol. The lowest BCUT2D eigenvalue weighted by molar-refractivity contribution is 0.0696. The zero-order chi connectivity index (χ0) is 14.9. The third-order valence-electron chi connectivity index (χ3n) is 3.24. The van der Waals surface area contributed by atoms with E-state index in [1.54, 1.807) is 18.2 Å². The Bertz CT molecular complexity index is 561. The van der Waals surface area contributed by atoms with Gasteiger partial charge in [-0.1, -0.05) is 10.5 Å². The number of carboxylic acid groups (broad SMARTS) is 1. The van der Waals surface area contributed by atoms with Gasteiger partial charge >= 0.3 is 5.97 Å². The highest BCUT2D eigenvalue weighted by molar-refractivity contribution is 7.91. The van der Waals surface area contributed by atoms with Crippen molar-refractivity contribution < 1.29 is 14.5 Å². The van der Waals surface area contributed by atoms with E-state index in [-0.39, 0.29) is 4.75 Å². The topological polar surface area (TPSA) is 72.7 Å². The van der Waals surface area contributed by atoms with Crippen LogP contribution in [0.1, 0.15) is 55.1 Å². The molecule has 0 aromatic heterocycles. The molecule has 0 amide bonds. The first kappa shape index (κ1) is 15.1. The predicted molar refractivity (Wildman–Crippen MR) is 80.8 cm³/mol. The molecule has 1 aromatic rings. The Morgan fingerprint density at radius 3 is 2.65 bits per heavy atom. The van der Waals surface area contributed by atoms with E-state index in [1.165, 1.54) is 0 Å². The number of rotatable bonds is 2. The lowest BCUT2D eigenvalue weighted by Crippen LogP contribution is -2.27. The number of hydrogen-bond acceptors (Lipinski definition) is 3. The first-order chi connectivity index (χ1) is 9.29. The molecule has 20 heavy (non-hydrogen) atoms. The average Bonchev–Trinajstić information content (AvgIpc) is 2.37. The summed E-state index contributed by atoms with van der Waals surface area (Å²) in [4.78, 5) is 11.0. The van der Waals surface area contributed by atoms with Crippen LogP contribution >= 0.6 is 0 Å². The summed E-state index contributed by atoms with van der Waals surface area (Å²) in [6, 6.07) is 5.07. The van der Waals surface area contributed by atoms with Crippen LogP contribution in [0.2, 0.25) is 0 Å². The highest BCUT2D eigenvalue weighted by atomic mass is 32.2. The molecule has 1 N–H and O–H groups in total. The molecule has 1 aromatic carbocycles. The summed E-state index contributed by atoms with van der Waals surface area (Å²) in [5.41, 5.74) is 3.05. The monoisotopic (exact) mass is 293 g/mol. The van der Waals surface area contributed by atoms with Gasteiger partial charge < -0.3 is 9.66 Å². The number of aromatic carboxylic acids is 1. The Hall–Kier alpha value is -1.33. The number of nitrogens with zero attached hydrogens (tertiary/aromatic N) is 1. The molecule has 0 heterocycles. The van der Waals surface area contributed by atoms with Crippen molar-refractivity contribution in [3.63, 3.8) is 0 Å². The van der Waals surface area contributed by atoms with Gasteiger partial charge in [0.05, 0.1) is 11.3 Å². The number of benzene rings is 1. The summed E-state index contributed by atoms with van der Waals surface area (Å²) < 4.78 is 16.1. The molecule has 108 valence electrons. The van der Waals surface area contributed by atoms with Crippen LogP contribution in [0.5, 0.6) is 0 Å². The second-order valence-corrected chi connectivity index (χ2v) is 7.84. The van der Waals surface area contributed by atoms with Gasteiger partial charge in [0.2, 0.25) is 0 Å². The number of aryl methyl sites for hydroxylation is 1. The number of hydrogen-bond donors (Lipinski definition) is 1. The molecule has 0 radical (unpaired) electrons. The number of carboxylic acids is 1. The minimum atomic E-state index is -1.28. The number of carbonyl (C=O) groups is 1. The molecule has 1 atom stereocenters. The second kappa shape index (κ2) is 5.58. The summed E-state index contributed by atoms with van der Waals surface area (Å²) in [6.45, 7) is 5.68. The van der Waals surface area contributed by atoms with E-state index in [4.69, 9.17) is 5.11 Å². The van der Waals surface area contributed by atoms with Crippen molar-refractivity contribution in [1.29, 1.82) is 0 Å². The van der Waals surface area contributed by atoms with Gasteiger partial charge in [0.1, 0.15) is 16.1 Å². The van der Waals surface area contributed by atoms with E-state index in [0.717, 1.165) is 36.1 Å². The Morgan fingerprint density at radius 1 is 1.35 bits per heavy atom. The quantitative estimate of drug-likeness (QED) is 0.852. The molecule has 1 unspecified atom stereocenters. The minimum absolute atomic E-state index is 0.293. The van der Waals surface area contributed by atoms with Crippen molar-refractivity contribution in [2.75, 3.05) is 0 Å². The standard InChI is InChI=1S/C15H19NO3S/c1-15(2,3)20(19)16-13-6-4-5-10-9-11(14(17)18)7-8-12(10)13/h7-9H,4-6H2,1-3H3,(H,17,18). The molecule has 5 heteroatoms. The van der Waals surface area contributed by atoms with E-state index in [9.17, 15) is 9.35 Å². The maximum Gasteiger partial charge on any atom is 0.335 e. The van der Waals surface area contributed by atoms with Gasteiger partial charge in [-0.05, 0) is 57.7 Å². The van der Waals surface area contributed by atoms with Gasteiger partial charge in [0, 0.05) is 5.56 Å². The van der Waals surface area contributed by atoms with E-state index < -0.39 is 17.3 Å². The van der Waals surface area contributed by atoms with Crippen LogP contribution in [-0.4, -0.2) is 26.1 Å². The summed E-state index contributed by atoms with van der Waals surface area (Å²) in [5.74, 6) is -0.921. The van der Waals surface area contributed by atoms with Gasteiger partial charge in [0.25, 0.3) is 0 Å². The predicted octanol–water partition coefficient (Wildman–Crippen LogP) is 2.97. The Labute approximate surface area is 122 Å². The van der Waals surface area contributed by atoms with E-state index in [0.29, 0.717) is 5.56 Å². The maximum absolute atomic E-state index is 12.1. The molecule has 2 rings (SSSR count). The minimum Gasteiger partial charge on any atom is -0.591 e. The molecule has 1 aliphatic rings. The van der Waals surface area contributed by atoms with Gasteiger partial charge in [-0.15, -0.1) is 0 Å². The van der Waals surface area contributed by atoms with Gasteiger partial charge in [-0.3, -0.25) is 0 Å². The number of fused-ring (bicyclic) bond motifs is 1. The Morgan fingerprint density at radius 2 is 2.05 bits per heavy atom. The first-order valence-electron chi connectivity index (χ1n) is 6.65. The van der Waals surface area contributed by atoms with E-state index in [2.05, 4.69) is 4.40 Å². The molecular weight excluding hydrogens is 274 g/mol. The highest BCUT2D eigenvalue weighted by Crippen LogP contribution is 2.26. The van der Waals surface area contributed by atoms with Crippen molar-refractivity contribution >= 4 is 23.0 Å². The molecule has 0 bridgehead atoms. The van der Waals surface area contributed by atoms with Gasteiger partial charge in [0.15, 0.2) is 0 Å². The largest absolute Gasteiger partial charge is 0.591 e. The van der Waals surface area contributed by atoms with Crippen molar-refractivity contribution in [3.8, 4) is 0 Å². The van der Waals surface area contributed by atoms with Gasteiger partial charge in [-0.25, -0.2) is 4.79 Å². The van der Waals surface area contributed by atoms with Crippen LogP contribution in [-0.2, 0) is 17.8 Å². The Kier molecular flexibility index (Phi) is 4.20. The summed E-state index contributed by atoms with van der Waals surface area (Å²) >= 11 is -1.28. The molecule has 0 aliphatic heterocycles. The van der Waals surface area contributed by atoms with Crippen molar-refractivity contribution in [2.24, 2.45) is 4.40 Å². The molecule has 1 aliphatic carbocycles. The van der Waals surface area contributed by atoms with Crippen LogP contribution in [0.4, 0.5) is 0 Å². The van der Waals surface area contributed by atoms with E-state index >= 15 is 0 Å². The molecule has 0 fully saturated rings. The lowest BCUT2D eigenvalue weighted by Gasteiger charge is -2.22. The second-order valence-electron chi connectivity index (χ2n) is 5.93. The SMILES string of the molecule is CC(C)(C)[S+]([O-])N=C1CCCc2cc(C(=O)O)ccc21. The molecular formula is C15H19NO3S. The summed E-state index contributed by atoms with van der Waals surface area (Å²) in [6.07, 6.45) is 2.55. The summed E-state index contributed by atoms with van der Waals surface area (Å²) in [5, 5.41) is 9.03. The fourth-order valence-corrected chi connectivity index (χ4v) is 2.79. The Balaban J connectivity index is 2.38. The van der Waals surface area contributed by atoms with Crippen LogP contribution in [0.3, 0.4) is 0 Å². The fraction of sp³-hybridized carbons (Fsp3) is 0.467. The van der Waals surface area contributed by atoms with Gasteiger partial charge in [-0.2, -0.15) is 0 Å². The molecule has 0 saturated heterocycles. The molecule has 0 spiro atoms. The maximum atomic E-state index is 12.1. The van der Waals surface area contributed by atoms with E-state index in [1.807, 2.05) is 20.8 Å². The lowest BCUT2D eigenvalue weighted by atomic mass is 9.89. The third-order valence-corrected chi connectivity index (χ3v) is 4.67. The van der Waals surface area contributed by atoms with Crippen LogP contribution in [0.15, 0.2) is 22.6 Å². The van der Waals surface area contributed by atoms with Crippen molar-refractivity contribution in [1.82, 2.24) is 0 Å². The third kappa shape index (κ3) is 3.22. The van der Waals surface area contributed by atoms with Crippen molar-refractivity contribution in [3.05, 3.63) is 34.9 Å². The zero-order valence-electron chi connectivity index (χ0n) is 12.0. The summed E-state index contributed by atoms with van der Waals surface area (Å²) in [7, 11) is 0. The first-order valence-corrected chi connectivity index (χ1v) is 7.76. The zero-order valence-corrected chi connectivity index (χ0v) is 12.8. The molecule has 0 saturated carbocycles. The van der Waals surface area contributed by atoms with Crippen LogP contribution < -0.4 is 0 Å². The van der Waals surface area contributed by atoms with Crippen LogP contribution in [0, 0.1) is 0 Å². The normalized spacial score (nSPS) is 18.7. The highest BCUT2D eigenvalue weighted by Gasteiger charge is 2.28. The van der Waals surface area contributed by atoms with Crippen molar-refractivity contribution in [2.45, 2.75) is 44.8 Å². The molecule has 4 nitrogen and oxygen atoms in total. The fourth-order valence-electron chi connectivity index (χ4n) is 2.13.